The maximum Gasteiger partial charge on any atom is 0.263 e. The number of nitrogens with zero attached hydrogens (tertiary/aromatic N) is 5. The molecule has 9 heteroatoms. The van der Waals surface area contributed by atoms with Crippen LogP contribution in [0.2, 0.25) is 5.02 Å². The van der Waals surface area contributed by atoms with E-state index in [2.05, 4.69) is 20.3 Å². The van der Waals surface area contributed by atoms with Crippen LogP contribution in [-0.4, -0.2) is 24.8 Å². The first-order valence-corrected chi connectivity index (χ1v) is 9.18. The summed E-state index contributed by atoms with van der Waals surface area (Å²) in [7, 11) is 0. The van der Waals surface area contributed by atoms with Crippen LogP contribution in [0.4, 0.5) is 0 Å². The molecule has 0 atom stereocenters. The second-order valence-corrected chi connectivity index (χ2v) is 6.99. The second-order valence-electron chi connectivity index (χ2n) is 6.58. The molecule has 1 aliphatic carbocycles. The molecule has 8 nitrogen and oxygen atoms in total. The third-order valence-corrected chi connectivity index (χ3v) is 4.85. The van der Waals surface area contributed by atoms with Gasteiger partial charge in [0, 0.05) is 12.1 Å². The second kappa shape index (κ2) is 6.72. The van der Waals surface area contributed by atoms with Crippen LogP contribution in [0.15, 0.2) is 56.4 Å². The van der Waals surface area contributed by atoms with Crippen LogP contribution >= 0.6 is 11.6 Å². The normalized spacial score (nSPS) is 13.8. The summed E-state index contributed by atoms with van der Waals surface area (Å²) in [5.74, 6) is 1.90. The molecule has 0 aliphatic heterocycles. The molecule has 140 valence electrons. The van der Waals surface area contributed by atoms with Crippen molar-refractivity contribution in [3.05, 3.63) is 69.6 Å². The quantitative estimate of drug-likeness (QED) is 0.509. The van der Waals surface area contributed by atoms with Gasteiger partial charge in [0.2, 0.25) is 0 Å². The maximum atomic E-state index is 12.8. The van der Waals surface area contributed by atoms with Gasteiger partial charge in [-0.3, -0.25) is 4.79 Å². The number of hydrogen-bond donors (Lipinski definition) is 0. The molecule has 4 aromatic rings. The van der Waals surface area contributed by atoms with Gasteiger partial charge in [-0.2, -0.15) is 9.97 Å². The van der Waals surface area contributed by atoms with Crippen LogP contribution in [0, 0.1) is 0 Å². The topological polar surface area (TPSA) is 99.8 Å². The Kier molecular flexibility index (Phi) is 4.05. The molecule has 1 fully saturated rings. The molecule has 1 aliphatic rings. The molecule has 3 heterocycles. The summed E-state index contributed by atoms with van der Waals surface area (Å²) in [6, 6.07) is 10.6. The molecular weight excluding hydrogens is 382 g/mol. The maximum absolute atomic E-state index is 12.8. The van der Waals surface area contributed by atoms with Gasteiger partial charge in [-0.15, -0.1) is 0 Å². The largest absolute Gasteiger partial charge is 0.334 e. The molecule has 0 radical (unpaired) electrons. The summed E-state index contributed by atoms with van der Waals surface area (Å²) in [4.78, 5) is 21.5. The minimum absolute atomic E-state index is 0.143. The lowest BCUT2D eigenvalue weighted by atomic mass is 10.2. The van der Waals surface area contributed by atoms with E-state index >= 15 is 0 Å². The van der Waals surface area contributed by atoms with E-state index in [0.717, 1.165) is 12.8 Å². The number of rotatable bonds is 5. The Bertz CT molecular complexity index is 1210. The van der Waals surface area contributed by atoms with Crippen molar-refractivity contribution in [2.75, 3.05) is 0 Å². The Morgan fingerprint density at radius 3 is 2.57 bits per heavy atom. The Balaban J connectivity index is 1.43. The predicted molar refractivity (Wildman–Crippen MR) is 99.8 cm³/mol. The van der Waals surface area contributed by atoms with Crippen molar-refractivity contribution in [3.8, 4) is 22.9 Å². The molecule has 0 unspecified atom stereocenters. The summed E-state index contributed by atoms with van der Waals surface area (Å²) < 4.78 is 12.0. The van der Waals surface area contributed by atoms with Crippen LogP contribution in [0.25, 0.3) is 22.9 Å². The van der Waals surface area contributed by atoms with Gasteiger partial charge < -0.3 is 13.6 Å². The minimum atomic E-state index is -0.266. The monoisotopic (exact) mass is 395 g/mol. The molecule has 28 heavy (non-hydrogen) atoms. The Labute approximate surface area is 163 Å². The molecule has 0 N–H and O–H groups in total. The van der Waals surface area contributed by atoms with Gasteiger partial charge in [0.1, 0.15) is 5.56 Å². The summed E-state index contributed by atoms with van der Waals surface area (Å²) in [6.07, 6.45) is 3.77. The first kappa shape index (κ1) is 16.9. The van der Waals surface area contributed by atoms with E-state index in [1.54, 1.807) is 30.5 Å². The minimum Gasteiger partial charge on any atom is -0.334 e. The van der Waals surface area contributed by atoms with Gasteiger partial charge in [-0.25, -0.2) is 0 Å². The average Bonchev–Trinajstić information content (AvgIpc) is 3.25. The summed E-state index contributed by atoms with van der Waals surface area (Å²) in [5, 5.41) is 8.43. The lowest BCUT2D eigenvalue weighted by molar-refractivity contribution is 0.419. The molecule has 0 spiro atoms. The first-order chi connectivity index (χ1) is 13.7. The zero-order chi connectivity index (χ0) is 19.1. The molecule has 3 aromatic heterocycles. The third-order valence-electron chi connectivity index (χ3n) is 4.52. The number of hydrogen-bond acceptors (Lipinski definition) is 7. The van der Waals surface area contributed by atoms with Crippen LogP contribution < -0.4 is 5.56 Å². The van der Waals surface area contributed by atoms with E-state index < -0.39 is 0 Å². The fourth-order valence-corrected chi connectivity index (χ4v) is 3.11. The van der Waals surface area contributed by atoms with Crippen LogP contribution in [0.3, 0.4) is 0 Å². The van der Waals surface area contributed by atoms with Gasteiger partial charge in [0.05, 0.1) is 17.1 Å². The molecule has 5 rings (SSSR count). The lowest BCUT2D eigenvalue weighted by Crippen LogP contribution is -2.22. The third kappa shape index (κ3) is 3.11. The fraction of sp³-hybridized carbons (Fsp3) is 0.211. The summed E-state index contributed by atoms with van der Waals surface area (Å²) in [6.45, 7) is 0.143. The van der Waals surface area contributed by atoms with Gasteiger partial charge in [-0.05, 0) is 37.1 Å². The predicted octanol–water partition coefficient (Wildman–Crippen LogP) is 3.53. The lowest BCUT2D eigenvalue weighted by Gasteiger charge is -2.03. The number of halogens is 1. The molecule has 1 saturated carbocycles. The number of aromatic nitrogens is 5. The SMILES string of the molecule is O=c1c(-c2nc(C3CC3)no2)cccn1Cc1noc(-c2ccccc2Cl)n1. The fourth-order valence-electron chi connectivity index (χ4n) is 2.89. The van der Waals surface area contributed by atoms with Gasteiger partial charge in [0.15, 0.2) is 11.6 Å². The van der Waals surface area contributed by atoms with Gasteiger partial charge in [0.25, 0.3) is 17.3 Å². The zero-order valence-electron chi connectivity index (χ0n) is 14.6. The zero-order valence-corrected chi connectivity index (χ0v) is 15.3. The number of benzene rings is 1. The highest BCUT2D eigenvalue weighted by Gasteiger charge is 2.29. The molecule has 0 amide bonds. The van der Waals surface area contributed by atoms with Crippen molar-refractivity contribution in [1.82, 2.24) is 24.8 Å². The van der Waals surface area contributed by atoms with E-state index in [4.69, 9.17) is 20.6 Å². The molecular formula is C19H14ClN5O3. The van der Waals surface area contributed by atoms with Crippen molar-refractivity contribution < 1.29 is 9.05 Å². The van der Waals surface area contributed by atoms with Crippen LogP contribution in [0.1, 0.15) is 30.4 Å². The molecule has 0 bridgehead atoms. The van der Waals surface area contributed by atoms with Crippen molar-refractivity contribution >= 4 is 11.6 Å². The Morgan fingerprint density at radius 1 is 1.00 bits per heavy atom. The van der Waals surface area contributed by atoms with E-state index in [0.29, 0.717) is 39.6 Å². The molecule has 0 saturated heterocycles. The smallest absolute Gasteiger partial charge is 0.263 e. The van der Waals surface area contributed by atoms with Crippen LogP contribution in [-0.2, 0) is 6.54 Å². The highest BCUT2D eigenvalue weighted by atomic mass is 35.5. The standard InChI is InChI=1S/C19H14ClN5O3/c20-14-6-2-1-4-12(14)17-21-15(23-27-17)10-25-9-3-5-13(19(25)26)18-22-16(24-28-18)11-7-8-11/h1-6,9,11H,7-8,10H2. The Morgan fingerprint density at radius 2 is 1.75 bits per heavy atom. The molecule has 1 aromatic carbocycles. The average molecular weight is 396 g/mol. The van der Waals surface area contributed by atoms with Crippen molar-refractivity contribution in [1.29, 1.82) is 0 Å². The van der Waals surface area contributed by atoms with Gasteiger partial charge in [-0.1, -0.05) is 34.0 Å². The number of pyridine rings is 1. The van der Waals surface area contributed by atoms with Crippen LogP contribution in [0.5, 0.6) is 0 Å². The van der Waals surface area contributed by atoms with E-state index in [-0.39, 0.29) is 18.0 Å². The Hall–Kier alpha value is -3.26. The summed E-state index contributed by atoms with van der Waals surface area (Å²) in [5.41, 5.74) is 0.719. The van der Waals surface area contributed by atoms with Crippen molar-refractivity contribution in [2.45, 2.75) is 25.3 Å². The van der Waals surface area contributed by atoms with E-state index in [1.165, 1.54) is 4.57 Å². The van der Waals surface area contributed by atoms with E-state index in [9.17, 15) is 4.79 Å². The highest BCUT2D eigenvalue weighted by Crippen LogP contribution is 2.38. The first-order valence-electron chi connectivity index (χ1n) is 8.80. The van der Waals surface area contributed by atoms with Crippen molar-refractivity contribution in [2.24, 2.45) is 0 Å². The van der Waals surface area contributed by atoms with Crippen molar-refractivity contribution in [3.63, 3.8) is 0 Å². The van der Waals surface area contributed by atoms with E-state index in [1.807, 2.05) is 12.1 Å². The van der Waals surface area contributed by atoms with Gasteiger partial charge >= 0.3 is 0 Å². The summed E-state index contributed by atoms with van der Waals surface area (Å²) >= 11 is 6.16. The highest BCUT2D eigenvalue weighted by molar-refractivity contribution is 6.33.